The summed E-state index contributed by atoms with van der Waals surface area (Å²) in [4.78, 5) is 0. The van der Waals surface area contributed by atoms with E-state index in [1.807, 2.05) is 0 Å². The van der Waals surface area contributed by atoms with Crippen molar-refractivity contribution in [2.45, 2.75) is 37.6 Å². The van der Waals surface area contributed by atoms with E-state index in [0.29, 0.717) is 5.38 Å². The molecule has 0 atom stereocenters. The highest BCUT2D eigenvalue weighted by molar-refractivity contribution is 7.86. The number of hydrogen-bond acceptors (Lipinski definition) is 3. The Morgan fingerprint density at radius 3 is 1.83 bits per heavy atom. The molecule has 0 radical (unpaired) electrons. The molecule has 0 aliphatic carbocycles. The molecule has 1 fully saturated rings. The van der Waals surface area contributed by atoms with Crippen molar-refractivity contribution < 1.29 is 30.7 Å². The molecule has 18 heavy (non-hydrogen) atoms. The van der Waals surface area contributed by atoms with Crippen molar-refractivity contribution in [3.63, 3.8) is 0 Å². The topological polar surface area (TPSA) is 60.2 Å². The minimum Gasteiger partial charge on any atom is -0.741 e. The summed E-state index contributed by atoms with van der Waals surface area (Å²) in [7, 11) is -6.09. The van der Waals surface area contributed by atoms with Gasteiger partial charge in [0.25, 0.3) is 0 Å². The lowest BCUT2D eigenvalue weighted by Gasteiger charge is -2.15. The van der Waals surface area contributed by atoms with Gasteiger partial charge in [-0.15, -0.1) is 11.6 Å². The highest BCUT2D eigenvalue weighted by atomic mass is 35.5. The molecule has 1 aliphatic rings. The zero-order chi connectivity index (χ0) is 14.6. The average Bonchev–Trinajstić information content (AvgIpc) is 2.16. The summed E-state index contributed by atoms with van der Waals surface area (Å²) in [6.45, 7) is 6.62. The van der Waals surface area contributed by atoms with Crippen molar-refractivity contribution in [1.29, 1.82) is 0 Å². The van der Waals surface area contributed by atoms with Crippen molar-refractivity contribution in [2.75, 3.05) is 13.1 Å². The SMILES string of the molecule is CC(C)=[N+]1CCC(Cl)CC1.O=S(=O)([O-])C(F)(F)F. The van der Waals surface area contributed by atoms with E-state index in [9.17, 15) is 13.2 Å². The number of halogens is 4. The Morgan fingerprint density at radius 2 is 1.61 bits per heavy atom. The van der Waals surface area contributed by atoms with Crippen LogP contribution in [-0.4, -0.2) is 47.2 Å². The number of rotatable bonds is 0. The van der Waals surface area contributed by atoms with Gasteiger partial charge >= 0.3 is 5.51 Å². The molecule has 0 aromatic rings. The van der Waals surface area contributed by atoms with Gasteiger partial charge in [-0.25, -0.2) is 13.0 Å². The predicted molar refractivity (Wildman–Crippen MR) is 61.0 cm³/mol. The van der Waals surface area contributed by atoms with Gasteiger partial charge in [0.05, 0.1) is 0 Å². The van der Waals surface area contributed by atoms with Crippen molar-refractivity contribution in [1.82, 2.24) is 0 Å². The van der Waals surface area contributed by atoms with Crippen LogP contribution >= 0.6 is 11.6 Å². The van der Waals surface area contributed by atoms with Gasteiger partial charge in [-0.2, -0.15) is 13.2 Å². The summed E-state index contributed by atoms with van der Waals surface area (Å²) in [5, 5.41) is 0.426. The van der Waals surface area contributed by atoms with E-state index in [2.05, 4.69) is 18.4 Å². The molecule has 4 nitrogen and oxygen atoms in total. The van der Waals surface area contributed by atoms with Crippen LogP contribution in [0.1, 0.15) is 26.7 Å². The first-order valence-electron chi connectivity index (χ1n) is 5.16. The fraction of sp³-hybridized carbons (Fsp3) is 0.889. The molecule has 0 spiro atoms. The normalized spacial score (nSPS) is 21.1. The van der Waals surface area contributed by atoms with Gasteiger partial charge in [0.2, 0.25) is 0 Å². The monoisotopic (exact) mass is 309 g/mol. The van der Waals surface area contributed by atoms with Gasteiger partial charge in [-0.1, -0.05) is 0 Å². The van der Waals surface area contributed by atoms with Crippen LogP contribution in [0.4, 0.5) is 13.2 Å². The standard InChI is InChI=1S/C8H15ClN.CHF3O3S/c1-7(2)10-5-3-8(9)4-6-10;2-1(3,4)8(5,6)7/h8H,3-6H2,1-2H3;(H,5,6,7)/q+1;/p-1. The Hall–Kier alpha value is -0.340. The molecular weight excluding hydrogens is 295 g/mol. The first-order valence-corrected chi connectivity index (χ1v) is 7.01. The van der Waals surface area contributed by atoms with Crippen LogP contribution in [0.3, 0.4) is 0 Å². The van der Waals surface area contributed by atoms with E-state index in [1.54, 1.807) is 0 Å². The summed E-state index contributed by atoms with van der Waals surface area (Å²) in [5.41, 5.74) is -4.23. The van der Waals surface area contributed by atoms with E-state index < -0.39 is 15.6 Å². The lowest BCUT2D eigenvalue weighted by Crippen LogP contribution is -2.29. The van der Waals surface area contributed by atoms with E-state index in [-0.39, 0.29) is 0 Å². The fourth-order valence-electron chi connectivity index (χ4n) is 1.30. The van der Waals surface area contributed by atoms with Crippen LogP contribution in [-0.2, 0) is 10.1 Å². The Balaban J connectivity index is 0.000000331. The van der Waals surface area contributed by atoms with Crippen molar-refractivity contribution in [3.05, 3.63) is 0 Å². The quantitative estimate of drug-likeness (QED) is 0.297. The molecular formula is C9H15ClF3NO3S. The van der Waals surface area contributed by atoms with E-state index in [4.69, 9.17) is 24.6 Å². The molecule has 0 saturated carbocycles. The third-order valence-corrected chi connectivity index (χ3v) is 3.34. The summed E-state index contributed by atoms with van der Waals surface area (Å²) in [6.07, 6.45) is 2.29. The third-order valence-electron chi connectivity index (χ3n) is 2.34. The number of piperidine rings is 1. The maximum Gasteiger partial charge on any atom is 0.485 e. The van der Waals surface area contributed by atoms with Crippen LogP contribution in [0, 0.1) is 0 Å². The molecule has 108 valence electrons. The lowest BCUT2D eigenvalue weighted by molar-refractivity contribution is -0.537. The maximum absolute atomic E-state index is 10.7. The zero-order valence-corrected chi connectivity index (χ0v) is 11.6. The van der Waals surface area contributed by atoms with Gasteiger partial charge in [0, 0.05) is 32.1 Å². The molecule has 0 aromatic heterocycles. The Kier molecular flexibility index (Phi) is 6.59. The molecule has 9 heteroatoms. The van der Waals surface area contributed by atoms with Crippen LogP contribution in [0.5, 0.6) is 0 Å². The second-order valence-electron chi connectivity index (χ2n) is 4.01. The highest BCUT2D eigenvalue weighted by Gasteiger charge is 2.36. The minimum absolute atomic E-state index is 0.426. The molecule has 0 bridgehead atoms. The van der Waals surface area contributed by atoms with Gasteiger partial charge in [-0.05, 0) is 0 Å². The second-order valence-corrected chi connectivity index (χ2v) is 6.00. The molecule has 1 heterocycles. The maximum atomic E-state index is 10.7. The predicted octanol–water partition coefficient (Wildman–Crippen LogP) is 1.93. The van der Waals surface area contributed by atoms with E-state index >= 15 is 0 Å². The Bertz CT molecular complexity index is 392. The zero-order valence-electron chi connectivity index (χ0n) is 10.00. The summed E-state index contributed by atoms with van der Waals surface area (Å²) in [6, 6.07) is 0. The van der Waals surface area contributed by atoms with Gasteiger partial charge in [-0.3, -0.25) is 0 Å². The first-order chi connectivity index (χ1) is 7.95. The van der Waals surface area contributed by atoms with E-state index in [0.717, 1.165) is 25.9 Å². The average molecular weight is 310 g/mol. The second kappa shape index (κ2) is 6.72. The molecule has 1 aliphatic heterocycles. The number of hydrogen-bond donors (Lipinski definition) is 0. The van der Waals surface area contributed by atoms with Crippen LogP contribution in [0.15, 0.2) is 0 Å². The van der Waals surface area contributed by atoms with Gasteiger partial charge in [0.15, 0.2) is 10.1 Å². The molecule has 0 unspecified atom stereocenters. The van der Waals surface area contributed by atoms with Gasteiger partial charge in [0.1, 0.15) is 18.8 Å². The lowest BCUT2D eigenvalue weighted by atomic mass is 10.1. The summed E-state index contributed by atoms with van der Waals surface area (Å²) < 4.78 is 61.3. The van der Waals surface area contributed by atoms with Crippen LogP contribution in [0.2, 0.25) is 0 Å². The number of nitrogens with zero attached hydrogens (tertiary/aromatic N) is 1. The molecule has 0 aromatic carbocycles. The summed E-state index contributed by atoms with van der Waals surface area (Å²) >= 11 is 5.95. The first kappa shape index (κ1) is 17.7. The summed E-state index contributed by atoms with van der Waals surface area (Å²) in [5.74, 6) is 0. The van der Waals surface area contributed by atoms with Crippen LogP contribution in [0.25, 0.3) is 0 Å². The highest BCUT2D eigenvalue weighted by Crippen LogP contribution is 2.20. The number of alkyl halides is 4. The van der Waals surface area contributed by atoms with Gasteiger partial charge < -0.3 is 4.55 Å². The van der Waals surface area contributed by atoms with Crippen molar-refractivity contribution >= 4 is 27.4 Å². The third kappa shape index (κ3) is 6.55. The fourth-order valence-corrected chi connectivity index (χ4v) is 1.49. The van der Waals surface area contributed by atoms with Crippen molar-refractivity contribution in [2.24, 2.45) is 0 Å². The molecule has 0 amide bonds. The van der Waals surface area contributed by atoms with E-state index in [1.165, 1.54) is 5.71 Å². The largest absolute Gasteiger partial charge is 0.741 e. The smallest absolute Gasteiger partial charge is 0.485 e. The molecule has 1 rings (SSSR count). The van der Waals surface area contributed by atoms with Crippen LogP contribution < -0.4 is 0 Å². The Labute approximate surface area is 109 Å². The van der Waals surface area contributed by atoms with Crippen molar-refractivity contribution in [3.8, 4) is 0 Å². The molecule has 0 N–H and O–H groups in total. The molecule has 1 saturated heterocycles. The Morgan fingerprint density at radius 1 is 1.28 bits per heavy atom. The minimum atomic E-state index is -6.09.